The summed E-state index contributed by atoms with van der Waals surface area (Å²) < 4.78 is 51.6. The molecule has 1 N–H and O–H groups in total. The highest BCUT2D eigenvalue weighted by atomic mass is 19.4. The molecule has 1 aliphatic heterocycles. The quantitative estimate of drug-likeness (QED) is 0.871. The number of nitrogens with zero attached hydrogens (tertiary/aromatic N) is 1. The van der Waals surface area contributed by atoms with Crippen molar-refractivity contribution in [1.29, 1.82) is 0 Å². The first-order valence-electron chi connectivity index (χ1n) is 6.11. The van der Waals surface area contributed by atoms with Crippen LogP contribution in [-0.4, -0.2) is 28.6 Å². The van der Waals surface area contributed by atoms with Crippen LogP contribution in [0.2, 0.25) is 0 Å². The second-order valence-corrected chi connectivity index (χ2v) is 4.77. The molecule has 110 valence electrons. The Morgan fingerprint density at radius 3 is 2.70 bits per heavy atom. The van der Waals surface area contributed by atoms with Crippen LogP contribution in [0, 0.1) is 5.82 Å². The van der Waals surface area contributed by atoms with Crippen LogP contribution in [0.3, 0.4) is 0 Å². The minimum atomic E-state index is -4.66. The summed E-state index contributed by atoms with van der Waals surface area (Å²) in [6.45, 7) is 0.276. The molecular formula is C13H13F4NO2. The first-order valence-corrected chi connectivity index (χ1v) is 6.11. The van der Waals surface area contributed by atoms with Gasteiger partial charge in [-0.2, -0.15) is 13.2 Å². The van der Waals surface area contributed by atoms with Gasteiger partial charge in [-0.1, -0.05) is 6.07 Å². The number of carboxylic acids is 1. The van der Waals surface area contributed by atoms with E-state index in [0.717, 1.165) is 12.1 Å². The van der Waals surface area contributed by atoms with Crippen molar-refractivity contribution >= 4 is 5.97 Å². The van der Waals surface area contributed by atoms with E-state index in [0.29, 0.717) is 25.5 Å². The fraction of sp³-hybridized carbons (Fsp3) is 0.462. The predicted molar refractivity (Wildman–Crippen MR) is 62.5 cm³/mol. The number of carbonyl (C=O) groups is 1. The number of hydrogen-bond donors (Lipinski definition) is 1. The Hall–Kier alpha value is -1.63. The number of rotatable bonds is 3. The van der Waals surface area contributed by atoms with Gasteiger partial charge in [0.25, 0.3) is 0 Å². The number of halogens is 4. The predicted octanol–water partition coefficient (Wildman–Crippen LogP) is 2.89. The van der Waals surface area contributed by atoms with E-state index in [2.05, 4.69) is 0 Å². The first kappa shape index (κ1) is 14.8. The molecule has 0 radical (unpaired) electrons. The second kappa shape index (κ2) is 5.40. The van der Waals surface area contributed by atoms with Gasteiger partial charge in [0.1, 0.15) is 11.9 Å². The van der Waals surface area contributed by atoms with E-state index in [1.165, 1.54) is 4.90 Å². The largest absolute Gasteiger partial charge is 0.480 e. The highest BCUT2D eigenvalue weighted by molar-refractivity contribution is 5.73. The van der Waals surface area contributed by atoms with Crippen LogP contribution in [0.4, 0.5) is 17.6 Å². The Morgan fingerprint density at radius 1 is 1.40 bits per heavy atom. The van der Waals surface area contributed by atoms with Crippen LogP contribution in [0.1, 0.15) is 24.0 Å². The zero-order chi connectivity index (χ0) is 14.9. The van der Waals surface area contributed by atoms with Gasteiger partial charge in [0.05, 0.1) is 5.56 Å². The number of benzene rings is 1. The van der Waals surface area contributed by atoms with Crippen LogP contribution in [0.5, 0.6) is 0 Å². The fourth-order valence-corrected chi connectivity index (χ4v) is 2.46. The molecule has 1 saturated heterocycles. The molecule has 1 atom stereocenters. The van der Waals surface area contributed by atoms with Gasteiger partial charge >= 0.3 is 12.1 Å². The number of carboxylic acid groups (broad SMARTS) is 1. The topological polar surface area (TPSA) is 40.5 Å². The molecule has 1 unspecified atom stereocenters. The molecule has 0 aliphatic carbocycles. The summed E-state index contributed by atoms with van der Waals surface area (Å²) in [7, 11) is 0. The lowest BCUT2D eigenvalue weighted by molar-refractivity contribution is -0.142. The van der Waals surface area contributed by atoms with Gasteiger partial charge < -0.3 is 5.11 Å². The molecule has 1 aromatic rings. The van der Waals surface area contributed by atoms with E-state index in [1.54, 1.807) is 0 Å². The van der Waals surface area contributed by atoms with E-state index in [9.17, 15) is 22.4 Å². The van der Waals surface area contributed by atoms with Crippen molar-refractivity contribution in [2.45, 2.75) is 31.6 Å². The van der Waals surface area contributed by atoms with Crippen molar-refractivity contribution in [2.24, 2.45) is 0 Å². The molecule has 0 bridgehead atoms. The molecule has 0 aromatic heterocycles. The molecule has 0 saturated carbocycles. The lowest BCUT2D eigenvalue weighted by Gasteiger charge is -2.23. The smallest absolute Gasteiger partial charge is 0.416 e. The third-order valence-corrected chi connectivity index (χ3v) is 3.40. The second-order valence-electron chi connectivity index (χ2n) is 4.77. The van der Waals surface area contributed by atoms with Gasteiger partial charge in [-0.05, 0) is 37.1 Å². The summed E-state index contributed by atoms with van der Waals surface area (Å²) in [4.78, 5) is 12.5. The van der Waals surface area contributed by atoms with Gasteiger partial charge in [-0.25, -0.2) is 4.39 Å². The summed E-state index contributed by atoms with van der Waals surface area (Å²) in [5, 5.41) is 9.01. The summed E-state index contributed by atoms with van der Waals surface area (Å²) >= 11 is 0. The Balaban J connectivity index is 2.27. The van der Waals surface area contributed by atoms with E-state index in [-0.39, 0.29) is 12.1 Å². The van der Waals surface area contributed by atoms with Crippen molar-refractivity contribution in [3.8, 4) is 0 Å². The Kier molecular flexibility index (Phi) is 3.99. The average molecular weight is 291 g/mol. The minimum Gasteiger partial charge on any atom is -0.480 e. The lowest BCUT2D eigenvalue weighted by Crippen LogP contribution is -2.35. The minimum absolute atomic E-state index is 0.105. The van der Waals surface area contributed by atoms with Crippen LogP contribution in [0.25, 0.3) is 0 Å². The summed E-state index contributed by atoms with van der Waals surface area (Å²) in [5.41, 5.74) is -1.15. The lowest BCUT2D eigenvalue weighted by atomic mass is 10.1. The van der Waals surface area contributed by atoms with Gasteiger partial charge in [-0.15, -0.1) is 0 Å². The standard InChI is InChI=1S/C13H13F4NO2/c14-9-4-3-8(10(6-9)13(15,16)17)7-18-5-1-2-11(18)12(19)20/h3-4,6,11H,1-2,5,7H2,(H,19,20). The molecule has 1 heterocycles. The Morgan fingerprint density at radius 2 is 2.10 bits per heavy atom. The van der Waals surface area contributed by atoms with E-state index < -0.39 is 29.6 Å². The van der Waals surface area contributed by atoms with Crippen LogP contribution < -0.4 is 0 Å². The molecule has 7 heteroatoms. The van der Waals surface area contributed by atoms with Crippen molar-refractivity contribution in [2.75, 3.05) is 6.54 Å². The first-order chi connectivity index (χ1) is 9.29. The van der Waals surface area contributed by atoms with Crippen LogP contribution >= 0.6 is 0 Å². The summed E-state index contributed by atoms with van der Waals surface area (Å²) in [6.07, 6.45) is -3.62. The number of aliphatic carboxylic acids is 1. The third kappa shape index (κ3) is 3.09. The van der Waals surface area contributed by atoms with Crippen molar-refractivity contribution in [3.63, 3.8) is 0 Å². The fourth-order valence-electron chi connectivity index (χ4n) is 2.46. The maximum atomic E-state index is 13.0. The number of likely N-dealkylation sites (tertiary alicyclic amines) is 1. The van der Waals surface area contributed by atoms with Crippen LogP contribution in [0.15, 0.2) is 18.2 Å². The van der Waals surface area contributed by atoms with Crippen LogP contribution in [-0.2, 0) is 17.5 Å². The zero-order valence-corrected chi connectivity index (χ0v) is 10.5. The van der Waals surface area contributed by atoms with Gasteiger partial charge in [0.15, 0.2) is 0 Å². The molecule has 3 nitrogen and oxygen atoms in total. The van der Waals surface area contributed by atoms with Gasteiger partial charge in [0, 0.05) is 6.54 Å². The molecule has 1 aliphatic rings. The molecule has 1 fully saturated rings. The summed E-state index contributed by atoms with van der Waals surface area (Å²) in [5.74, 6) is -2.00. The van der Waals surface area contributed by atoms with E-state index in [4.69, 9.17) is 5.11 Å². The SMILES string of the molecule is O=C(O)C1CCCN1Cc1ccc(F)cc1C(F)(F)F. The maximum absolute atomic E-state index is 13.0. The number of alkyl halides is 3. The molecule has 2 rings (SSSR count). The maximum Gasteiger partial charge on any atom is 0.416 e. The van der Waals surface area contributed by atoms with Gasteiger partial charge in [-0.3, -0.25) is 9.69 Å². The molecule has 0 spiro atoms. The molecule has 20 heavy (non-hydrogen) atoms. The van der Waals surface area contributed by atoms with E-state index in [1.807, 2.05) is 0 Å². The van der Waals surface area contributed by atoms with E-state index >= 15 is 0 Å². The monoisotopic (exact) mass is 291 g/mol. The molecule has 1 aromatic carbocycles. The van der Waals surface area contributed by atoms with Crippen molar-refractivity contribution < 1.29 is 27.5 Å². The zero-order valence-electron chi connectivity index (χ0n) is 10.5. The van der Waals surface area contributed by atoms with Crippen molar-refractivity contribution in [3.05, 3.63) is 35.1 Å². The highest BCUT2D eigenvalue weighted by Gasteiger charge is 2.36. The normalized spacial score (nSPS) is 20.3. The molecule has 0 amide bonds. The average Bonchev–Trinajstić information content (AvgIpc) is 2.78. The molecular weight excluding hydrogens is 278 g/mol. The van der Waals surface area contributed by atoms with Crippen molar-refractivity contribution in [1.82, 2.24) is 4.90 Å². The van der Waals surface area contributed by atoms with Gasteiger partial charge in [0.2, 0.25) is 0 Å². The highest BCUT2D eigenvalue weighted by Crippen LogP contribution is 2.34. The summed E-state index contributed by atoms with van der Waals surface area (Å²) in [6, 6.07) is 1.69. The Bertz CT molecular complexity index is 516. The third-order valence-electron chi connectivity index (χ3n) is 3.40. The number of hydrogen-bond acceptors (Lipinski definition) is 2. The Labute approximate surface area is 112 Å².